The van der Waals surface area contributed by atoms with Crippen molar-refractivity contribution in [3.05, 3.63) is 230 Å². The monoisotopic (exact) mass is 816 g/mol. The molecule has 300 valence electrons. The third kappa shape index (κ3) is 6.35. The largest absolute Gasteiger partial charge is 0.309 e. The second kappa shape index (κ2) is 15.5. The molecule has 0 spiro atoms. The highest BCUT2D eigenvalue weighted by molar-refractivity contribution is 6.14. The van der Waals surface area contributed by atoms with Gasteiger partial charge in [0.05, 0.1) is 16.7 Å². The van der Waals surface area contributed by atoms with E-state index in [1.165, 1.54) is 49.4 Å². The summed E-state index contributed by atoms with van der Waals surface area (Å²) < 4.78 is 2.44. The summed E-state index contributed by atoms with van der Waals surface area (Å²) >= 11 is 0. The zero-order valence-electron chi connectivity index (χ0n) is 35.2. The molecule has 0 fully saturated rings. The number of aryl methyl sites for hydroxylation is 1. The van der Waals surface area contributed by atoms with Crippen LogP contribution in [0, 0.1) is 6.92 Å². The Morgan fingerprint density at radius 1 is 0.312 bits per heavy atom. The number of benzene rings is 10. The molecule has 0 saturated carbocycles. The molecular weight excluding hydrogens is 777 g/mol. The Morgan fingerprint density at radius 3 is 1.64 bits per heavy atom. The molecule has 2 aromatic heterocycles. The Hall–Kier alpha value is -8.47. The van der Waals surface area contributed by atoms with Crippen LogP contribution in [-0.4, -0.2) is 19.5 Å². The fourth-order valence-corrected chi connectivity index (χ4v) is 9.55. The van der Waals surface area contributed by atoms with Crippen LogP contribution in [0.25, 0.3) is 117 Å². The van der Waals surface area contributed by atoms with E-state index in [0.29, 0.717) is 17.5 Å². The molecule has 10 aromatic carbocycles. The van der Waals surface area contributed by atoms with E-state index < -0.39 is 0 Å². The Bertz CT molecular complexity index is 3720. The summed E-state index contributed by atoms with van der Waals surface area (Å²) in [5, 5.41) is 7.07. The molecule has 4 nitrogen and oxygen atoms in total. The molecule has 0 bridgehead atoms. The second-order valence-corrected chi connectivity index (χ2v) is 16.4. The van der Waals surface area contributed by atoms with Gasteiger partial charge in [0.1, 0.15) is 0 Å². The molecule has 0 amide bonds. The number of fused-ring (bicyclic) bond motifs is 5. The van der Waals surface area contributed by atoms with Crippen LogP contribution in [-0.2, 0) is 0 Å². The van der Waals surface area contributed by atoms with Gasteiger partial charge in [-0.2, -0.15) is 0 Å². The highest BCUT2D eigenvalue weighted by atomic mass is 15.0. The van der Waals surface area contributed by atoms with Crippen LogP contribution in [0.2, 0.25) is 0 Å². The number of rotatable bonds is 7. The first-order valence-corrected chi connectivity index (χ1v) is 21.8. The maximum Gasteiger partial charge on any atom is 0.164 e. The van der Waals surface area contributed by atoms with Crippen LogP contribution in [0.3, 0.4) is 0 Å². The SMILES string of the molecule is Cc1cc2c(cc1-c1c(-c3ccccc3)ccc3ccccc13)c1ccccc1n2-c1ccc(-c2nc(-c3ccccc3)nc(-c3cccc(-c4ccccc4)c3)n2)c2ccccc12. The number of para-hydroxylation sites is 1. The van der Waals surface area contributed by atoms with E-state index >= 15 is 0 Å². The molecule has 0 aliphatic carbocycles. The fourth-order valence-electron chi connectivity index (χ4n) is 9.55. The Morgan fingerprint density at radius 2 is 0.875 bits per heavy atom. The lowest BCUT2D eigenvalue weighted by atomic mass is 9.87. The van der Waals surface area contributed by atoms with E-state index in [9.17, 15) is 0 Å². The zero-order valence-corrected chi connectivity index (χ0v) is 35.2. The Balaban J connectivity index is 1.06. The molecule has 0 N–H and O–H groups in total. The van der Waals surface area contributed by atoms with Crippen LogP contribution in [0.15, 0.2) is 224 Å². The van der Waals surface area contributed by atoms with E-state index in [4.69, 9.17) is 15.0 Å². The quantitative estimate of drug-likeness (QED) is 0.161. The molecule has 64 heavy (non-hydrogen) atoms. The molecule has 4 heteroatoms. The lowest BCUT2D eigenvalue weighted by Crippen LogP contribution is -2.02. The molecule has 0 radical (unpaired) electrons. The van der Waals surface area contributed by atoms with E-state index in [2.05, 4.69) is 212 Å². The first-order valence-electron chi connectivity index (χ1n) is 21.8. The van der Waals surface area contributed by atoms with Crippen molar-refractivity contribution in [2.75, 3.05) is 0 Å². The summed E-state index contributed by atoms with van der Waals surface area (Å²) in [4.78, 5) is 15.5. The van der Waals surface area contributed by atoms with Gasteiger partial charge in [0.15, 0.2) is 17.5 Å². The van der Waals surface area contributed by atoms with Crippen molar-refractivity contribution in [1.29, 1.82) is 0 Å². The van der Waals surface area contributed by atoms with Gasteiger partial charge in [-0.25, -0.2) is 15.0 Å². The Kier molecular flexibility index (Phi) is 9.01. The van der Waals surface area contributed by atoms with Crippen LogP contribution < -0.4 is 0 Å². The average Bonchev–Trinajstić information content (AvgIpc) is 3.68. The minimum atomic E-state index is 0.628. The molecule has 0 saturated heterocycles. The van der Waals surface area contributed by atoms with Crippen LogP contribution >= 0.6 is 0 Å². The standard InChI is InChI=1S/C60H40N4/c1-39-36-56-53(38-52(39)57-46-27-12-11-22-42(46)32-33-47(57)41-20-7-3-8-21-41)50-30-15-16-31-54(50)64(56)55-35-34-51(48-28-13-14-29-49(48)55)60-62-58(43-23-9-4-10-24-43)61-59(63-60)45-26-17-25-44(37-45)40-18-5-2-6-19-40/h2-38H,1H3. The number of hydrogen-bond donors (Lipinski definition) is 0. The maximum absolute atomic E-state index is 5.25. The highest BCUT2D eigenvalue weighted by Gasteiger charge is 2.21. The lowest BCUT2D eigenvalue weighted by Gasteiger charge is -2.18. The summed E-state index contributed by atoms with van der Waals surface area (Å²) in [6.07, 6.45) is 0. The maximum atomic E-state index is 5.25. The first-order chi connectivity index (χ1) is 31.7. The molecule has 0 aliphatic rings. The van der Waals surface area contributed by atoms with Gasteiger partial charge < -0.3 is 4.57 Å². The lowest BCUT2D eigenvalue weighted by molar-refractivity contribution is 1.08. The summed E-state index contributed by atoms with van der Waals surface area (Å²) in [6.45, 7) is 2.26. The van der Waals surface area contributed by atoms with E-state index in [-0.39, 0.29) is 0 Å². The molecule has 0 aliphatic heterocycles. The molecule has 12 aromatic rings. The molecule has 12 rings (SSSR count). The third-order valence-electron chi connectivity index (χ3n) is 12.6. The average molecular weight is 817 g/mol. The summed E-state index contributed by atoms with van der Waals surface area (Å²) in [6, 6.07) is 79.8. The molecule has 0 atom stereocenters. The predicted molar refractivity (Wildman–Crippen MR) is 267 cm³/mol. The van der Waals surface area contributed by atoms with Gasteiger partial charge in [-0.05, 0) is 98.4 Å². The van der Waals surface area contributed by atoms with Gasteiger partial charge in [-0.1, -0.05) is 188 Å². The van der Waals surface area contributed by atoms with Crippen LogP contribution in [0.5, 0.6) is 0 Å². The van der Waals surface area contributed by atoms with E-state index in [0.717, 1.165) is 55.3 Å². The number of hydrogen-bond acceptors (Lipinski definition) is 3. The molecule has 2 heterocycles. The van der Waals surface area contributed by atoms with Gasteiger partial charge in [0, 0.05) is 32.8 Å². The molecular formula is C60H40N4. The normalized spacial score (nSPS) is 11.5. The van der Waals surface area contributed by atoms with Gasteiger partial charge in [0.2, 0.25) is 0 Å². The number of nitrogens with zero attached hydrogens (tertiary/aromatic N) is 4. The minimum Gasteiger partial charge on any atom is -0.309 e. The van der Waals surface area contributed by atoms with Gasteiger partial charge in [-0.15, -0.1) is 0 Å². The second-order valence-electron chi connectivity index (χ2n) is 16.4. The Labute approximate surface area is 371 Å². The number of aromatic nitrogens is 4. The van der Waals surface area contributed by atoms with Gasteiger partial charge >= 0.3 is 0 Å². The van der Waals surface area contributed by atoms with Crippen molar-refractivity contribution in [2.45, 2.75) is 6.92 Å². The smallest absolute Gasteiger partial charge is 0.164 e. The van der Waals surface area contributed by atoms with Crippen LogP contribution in [0.1, 0.15) is 5.56 Å². The van der Waals surface area contributed by atoms with Crippen molar-refractivity contribution < 1.29 is 0 Å². The first kappa shape index (κ1) is 37.3. The zero-order chi connectivity index (χ0) is 42.6. The van der Waals surface area contributed by atoms with Crippen molar-refractivity contribution in [3.63, 3.8) is 0 Å². The molecule has 0 unspecified atom stereocenters. The summed E-state index contributed by atoms with van der Waals surface area (Å²) in [5.41, 5.74) is 14.6. The van der Waals surface area contributed by atoms with Crippen LogP contribution in [0.4, 0.5) is 0 Å². The van der Waals surface area contributed by atoms with Crippen molar-refractivity contribution in [2.24, 2.45) is 0 Å². The predicted octanol–water partition coefficient (Wildman–Crippen LogP) is 15.6. The fraction of sp³-hybridized carbons (Fsp3) is 0.0167. The van der Waals surface area contributed by atoms with Crippen molar-refractivity contribution >= 4 is 43.4 Å². The minimum absolute atomic E-state index is 0.628. The topological polar surface area (TPSA) is 43.6 Å². The third-order valence-corrected chi connectivity index (χ3v) is 12.6. The van der Waals surface area contributed by atoms with E-state index in [1.54, 1.807) is 0 Å². The van der Waals surface area contributed by atoms with Gasteiger partial charge in [-0.3, -0.25) is 0 Å². The van der Waals surface area contributed by atoms with Crippen molar-refractivity contribution in [1.82, 2.24) is 19.5 Å². The highest BCUT2D eigenvalue weighted by Crippen LogP contribution is 2.44. The van der Waals surface area contributed by atoms with Crippen molar-refractivity contribution in [3.8, 4) is 73.2 Å². The van der Waals surface area contributed by atoms with Gasteiger partial charge in [0.25, 0.3) is 0 Å². The summed E-state index contributed by atoms with van der Waals surface area (Å²) in [5.74, 6) is 1.89. The van der Waals surface area contributed by atoms with E-state index in [1.807, 2.05) is 24.3 Å². The summed E-state index contributed by atoms with van der Waals surface area (Å²) in [7, 11) is 0.